The second kappa shape index (κ2) is 7.03. The van der Waals surface area contributed by atoms with Gasteiger partial charge in [-0.25, -0.2) is 14.4 Å². The van der Waals surface area contributed by atoms with Gasteiger partial charge >= 0.3 is 6.01 Å². The summed E-state index contributed by atoms with van der Waals surface area (Å²) in [6.07, 6.45) is 4.90. The summed E-state index contributed by atoms with van der Waals surface area (Å²) in [5.41, 5.74) is 7.92. The van der Waals surface area contributed by atoms with Crippen molar-refractivity contribution in [2.45, 2.75) is 6.92 Å². The van der Waals surface area contributed by atoms with E-state index in [9.17, 15) is 4.39 Å². The van der Waals surface area contributed by atoms with Crippen LogP contribution in [0.25, 0.3) is 0 Å². The van der Waals surface area contributed by atoms with Gasteiger partial charge in [0.1, 0.15) is 12.4 Å². The fraction of sp³-hybridized carbons (Fsp3) is 0.143. The number of nitrogens with one attached hydrogen (secondary N) is 1. The van der Waals surface area contributed by atoms with Crippen LogP contribution >= 0.6 is 15.9 Å². The van der Waals surface area contributed by atoms with Crippen molar-refractivity contribution in [3.05, 3.63) is 58.3 Å². The Morgan fingerprint density at radius 2 is 2.14 bits per heavy atom. The van der Waals surface area contributed by atoms with Crippen LogP contribution in [0.5, 0.6) is 6.01 Å². The van der Waals surface area contributed by atoms with Gasteiger partial charge in [0.25, 0.3) is 0 Å². The number of nitrogens with zero attached hydrogens (tertiary/aromatic N) is 2. The lowest BCUT2D eigenvalue weighted by atomic mass is 10.3. The van der Waals surface area contributed by atoms with Crippen molar-refractivity contribution >= 4 is 21.6 Å². The first-order valence-electron chi connectivity index (χ1n) is 6.12. The van der Waals surface area contributed by atoms with Crippen LogP contribution in [0.4, 0.5) is 10.1 Å². The van der Waals surface area contributed by atoms with Crippen molar-refractivity contribution in [1.29, 1.82) is 0 Å². The number of rotatable bonds is 5. The minimum absolute atomic E-state index is 0.151. The molecule has 0 spiro atoms. The zero-order valence-corrected chi connectivity index (χ0v) is 12.9. The maximum Gasteiger partial charge on any atom is 0.316 e. The smallest absolute Gasteiger partial charge is 0.316 e. The number of nitrogens with two attached hydrogens (primary N) is 1. The molecular formula is C14H14BrFN4O. The molecule has 2 aromatic rings. The Bertz CT molecular complexity index is 646. The van der Waals surface area contributed by atoms with E-state index in [1.807, 2.05) is 6.92 Å². The SMILES string of the molecule is Cc1cnc(OC/C(N)=C/Nc2ccc(F)c(Br)c2)nc1. The standard InChI is InChI=1S/C14H14BrFN4O/c1-9-5-19-14(20-6-9)21-8-10(17)7-18-11-2-3-13(16)12(15)4-11/h2-7,18H,8,17H2,1H3/b10-7-. The van der Waals surface area contributed by atoms with Crippen molar-refractivity contribution in [3.63, 3.8) is 0 Å². The zero-order valence-electron chi connectivity index (χ0n) is 11.3. The zero-order chi connectivity index (χ0) is 15.2. The van der Waals surface area contributed by atoms with Gasteiger partial charge in [0.15, 0.2) is 0 Å². The molecule has 21 heavy (non-hydrogen) atoms. The van der Waals surface area contributed by atoms with Crippen molar-refractivity contribution in [2.24, 2.45) is 5.73 Å². The number of aromatic nitrogens is 2. The predicted octanol–water partition coefficient (Wildman–Crippen LogP) is 2.98. The van der Waals surface area contributed by atoms with Crippen molar-refractivity contribution in [2.75, 3.05) is 11.9 Å². The van der Waals surface area contributed by atoms with Crippen molar-refractivity contribution < 1.29 is 9.13 Å². The third-order valence-electron chi connectivity index (χ3n) is 2.47. The van der Waals surface area contributed by atoms with Gasteiger partial charge in [-0.15, -0.1) is 0 Å². The molecule has 0 saturated heterocycles. The van der Waals surface area contributed by atoms with Gasteiger partial charge in [0.2, 0.25) is 0 Å². The molecule has 0 amide bonds. The number of ether oxygens (including phenoxy) is 1. The fourth-order valence-electron chi connectivity index (χ4n) is 1.41. The van der Waals surface area contributed by atoms with Crippen molar-refractivity contribution in [3.8, 4) is 6.01 Å². The Balaban J connectivity index is 1.89. The van der Waals surface area contributed by atoms with Gasteiger partial charge in [0.05, 0.1) is 10.2 Å². The van der Waals surface area contributed by atoms with Crippen LogP contribution in [-0.2, 0) is 0 Å². The number of aryl methyl sites for hydroxylation is 1. The Morgan fingerprint density at radius 3 is 2.81 bits per heavy atom. The maximum atomic E-state index is 13.1. The lowest BCUT2D eigenvalue weighted by Gasteiger charge is -2.06. The van der Waals surface area contributed by atoms with Gasteiger partial charge in [-0.2, -0.15) is 0 Å². The molecule has 110 valence electrons. The molecule has 0 atom stereocenters. The van der Waals surface area contributed by atoms with E-state index >= 15 is 0 Å². The summed E-state index contributed by atoms with van der Waals surface area (Å²) in [5, 5.41) is 2.95. The molecule has 0 aliphatic heterocycles. The number of benzene rings is 1. The molecule has 0 bridgehead atoms. The van der Waals surface area contributed by atoms with Crippen LogP contribution in [-0.4, -0.2) is 16.6 Å². The first-order chi connectivity index (χ1) is 10.0. The molecule has 0 aliphatic rings. The summed E-state index contributed by atoms with van der Waals surface area (Å²) in [4.78, 5) is 8.01. The van der Waals surface area contributed by atoms with E-state index in [0.717, 1.165) is 5.56 Å². The summed E-state index contributed by atoms with van der Waals surface area (Å²) in [7, 11) is 0. The quantitative estimate of drug-likeness (QED) is 0.865. The summed E-state index contributed by atoms with van der Waals surface area (Å²) in [6, 6.07) is 4.84. The number of hydrogen-bond acceptors (Lipinski definition) is 5. The summed E-state index contributed by atoms with van der Waals surface area (Å²) in [5.74, 6) is -0.322. The second-order valence-corrected chi connectivity index (χ2v) is 5.18. The third-order valence-corrected chi connectivity index (χ3v) is 3.08. The molecule has 1 aromatic heterocycles. The molecule has 0 saturated carbocycles. The van der Waals surface area contributed by atoms with Crippen molar-refractivity contribution in [1.82, 2.24) is 9.97 Å². The minimum Gasteiger partial charge on any atom is -0.457 e. The highest BCUT2D eigenvalue weighted by Crippen LogP contribution is 2.19. The molecule has 0 unspecified atom stereocenters. The fourth-order valence-corrected chi connectivity index (χ4v) is 1.79. The summed E-state index contributed by atoms with van der Waals surface area (Å²) < 4.78 is 18.8. The Morgan fingerprint density at radius 1 is 1.43 bits per heavy atom. The van der Waals surface area contributed by atoms with Gasteiger partial charge < -0.3 is 15.8 Å². The van der Waals surface area contributed by atoms with Crippen LogP contribution in [0, 0.1) is 12.7 Å². The Hall–Kier alpha value is -2.15. The van der Waals surface area contributed by atoms with Gasteiger partial charge in [-0.3, -0.25) is 0 Å². The minimum atomic E-state index is -0.322. The first-order valence-corrected chi connectivity index (χ1v) is 6.91. The van der Waals surface area contributed by atoms with Gasteiger partial charge in [-0.1, -0.05) is 0 Å². The predicted molar refractivity (Wildman–Crippen MR) is 82.3 cm³/mol. The average molecular weight is 353 g/mol. The van der Waals surface area contributed by atoms with Crippen LogP contribution in [0.2, 0.25) is 0 Å². The number of halogens is 2. The molecule has 7 heteroatoms. The monoisotopic (exact) mass is 352 g/mol. The van der Waals surface area contributed by atoms with E-state index in [0.29, 0.717) is 15.9 Å². The van der Waals surface area contributed by atoms with E-state index in [2.05, 4.69) is 31.2 Å². The first kappa shape index (κ1) is 15.2. The molecule has 3 N–H and O–H groups in total. The van der Waals surface area contributed by atoms with Crippen LogP contribution in [0.1, 0.15) is 5.56 Å². The van der Waals surface area contributed by atoms with Crippen LogP contribution in [0.3, 0.4) is 0 Å². The van der Waals surface area contributed by atoms with E-state index < -0.39 is 0 Å². The Labute approximate surface area is 130 Å². The highest BCUT2D eigenvalue weighted by molar-refractivity contribution is 9.10. The molecule has 0 radical (unpaired) electrons. The largest absolute Gasteiger partial charge is 0.457 e. The van der Waals surface area contributed by atoms with Crippen LogP contribution in [0.15, 0.2) is 47.0 Å². The van der Waals surface area contributed by atoms with E-state index in [1.54, 1.807) is 30.7 Å². The molecule has 2 rings (SSSR count). The van der Waals surface area contributed by atoms with E-state index in [4.69, 9.17) is 10.5 Å². The maximum absolute atomic E-state index is 13.1. The summed E-state index contributed by atoms with van der Waals surface area (Å²) >= 11 is 3.11. The molecule has 1 aromatic carbocycles. The third kappa shape index (κ3) is 4.71. The molecule has 0 aliphatic carbocycles. The number of anilines is 1. The highest BCUT2D eigenvalue weighted by Gasteiger charge is 2.00. The Kier molecular flexibility index (Phi) is 5.10. The molecule has 5 nitrogen and oxygen atoms in total. The van der Waals surface area contributed by atoms with Crippen LogP contribution < -0.4 is 15.8 Å². The molecular weight excluding hydrogens is 339 g/mol. The van der Waals surface area contributed by atoms with E-state index in [1.165, 1.54) is 6.07 Å². The number of hydrogen-bond donors (Lipinski definition) is 2. The molecule has 0 fully saturated rings. The lowest BCUT2D eigenvalue weighted by Crippen LogP contribution is -2.12. The normalized spacial score (nSPS) is 11.3. The average Bonchev–Trinajstić information content (AvgIpc) is 2.48. The highest BCUT2D eigenvalue weighted by atomic mass is 79.9. The topological polar surface area (TPSA) is 73.1 Å². The van der Waals surface area contributed by atoms with Gasteiger partial charge in [0, 0.05) is 24.3 Å². The van der Waals surface area contributed by atoms with Gasteiger partial charge in [-0.05, 0) is 46.6 Å². The molecule has 1 heterocycles. The second-order valence-electron chi connectivity index (χ2n) is 4.32. The van der Waals surface area contributed by atoms with E-state index in [-0.39, 0.29) is 18.4 Å². The summed E-state index contributed by atoms with van der Waals surface area (Å²) in [6.45, 7) is 2.04. The lowest BCUT2D eigenvalue weighted by molar-refractivity contribution is 0.321.